The van der Waals surface area contributed by atoms with Crippen molar-refractivity contribution in [3.05, 3.63) is 40.7 Å². The predicted molar refractivity (Wildman–Crippen MR) is 142 cm³/mol. The van der Waals surface area contributed by atoms with Crippen molar-refractivity contribution in [3.63, 3.8) is 0 Å². The molecule has 3 aromatic heterocycles. The highest BCUT2D eigenvalue weighted by atomic mass is 32.1. The summed E-state index contributed by atoms with van der Waals surface area (Å²) in [6.07, 6.45) is 6.36. The number of nitriles is 1. The summed E-state index contributed by atoms with van der Waals surface area (Å²) in [4.78, 5) is 18.1. The van der Waals surface area contributed by atoms with Gasteiger partial charge in [-0.15, -0.1) is 11.3 Å². The number of benzene rings is 1. The van der Waals surface area contributed by atoms with Crippen LogP contribution < -0.4 is 10.6 Å². The number of anilines is 2. The fourth-order valence-electron chi connectivity index (χ4n) is 5.83. The number of ether oxygens (including phenoxy) is 1. The SMILES string of the molecule is CN(CC1CC1)[C@H]1CCN(c2ncc3c4c(c(-c5ncc(F)c6sc(N)c(C#N)c56)c(F)c3n2)COC4)C1. The third-order valence-electron chi connectivity index (χ3n) is 8.04. The minimum Gasteiger partial charge on any atom is -0.389 e. The van der Waals surface area contributed by atoms with E-state index in [-0.39, 0.29) is 50.6 Å². The summed E-state index contributed by atoms with van der Waals surface area (Å²) >= 11 is 0.961. The maximum Gasteiger partial charge on any atom is 0.226 e. The van der Waals surface area contributed by atoms with Crippen LogP contribution in [0.15, 0.2) is 12.4 Å². The third kappa shape index (κ3) is 3.62. The number of fused-ring (bicyclic) bond motifs is 4. The number of nitrogens with two attached hydrogens (primary N) is 1. The molecule has 2 aliphatic heterocycles. The number of pyridine rings is 1. The van der Waals surface area contributed by atoms with Crippen molar-refractivity contribution in [2.45, 2.75) is 38.5 Å². The van der Waals surface area contributed by atoms with Gasteiger partial charge in [0, 0.05) is 48.2 Å². The van der Waals surface area contributed by atoms with E-state index in [4.69, 9.17) is 15.5 Å². The molecule has 1 aromatic carbocycles. The molecule has 0 bridgehead atoms. The Morgan fingerprint density at radius 2 is 2.03 bits per heavy atom. The molecule has 0 amide bonds. The van der Waals surface area contributed by atoms with E-state index in [1.165, 1.54) is 12.8 Å². The molecule has 1 aliphatic carbocycles. The molecule has 194 valence electrons. The molecule has 0 unspecified atom stereocenters. The lowest BCUT2D eigenvalue weighted by molar-refractivity contribution is 0.135. The van der Waals surface area contributed by atoms with Crippen molar-refractivity contribution in [3.8, 4) is 17.3 Å². The first-order valence-electron chi connectivity index (χ1n) is 12.7. The van der Waals surface area contributed by atoms with E-state index in [2.05, 4.69) is 26.8 Å². The van der Waals surface area contributed by atoms with Gasteiger partial charge in [-0.25, -0.2) is 18.7 Å². The molecule has 11 heteroatoms. The molecular formula is C27H25F2N7OS. The topological polar surface area (TPSA) is 104 Å². The minimum atomic E-state index is -0.601. The largest absolute Gasteiger partial charge is 0.389 e. The van der Waals surface area contributed by atoms with Crippen LogP contribution in [0.4, 0.5) is 19.7 Å². The van der Waals surface area contributed by atoms with Crippen molar-refractivity contribution in [1.29, 1.82) is 5.26 Å². The van der Waals surface area contributed by atoms with Gasteiger partial charge in [0.25, 0.3) is 0 Å². The molecule has 0 radical (unpaired) electrons. The minimum absolute atomic E-state index is 0.0981. The molecule has 5 heterocycles. The summed E-state index contributed by atoms with van der Waals surface area (Å²) in [5, 5.41) is 10.7. The third-order valence-corrected chi connectivity index (χ3v) is 9.07. The van der Waals surface area contributed by atoms with Crippen LogP contribution in [-0.4, -0.2) is 52.6 Å². The lowest BCUT2D eigenvalue weighted by Crippen LogP contribution is -2.36. The van der Waals surface area contributed by atoms with E-state index in [9.17, 15) is 9.65 Å². The van der Waals surface area contributed by atoms with E-state index >= 15 is 4.39 Å². The number of halogens is 2. The zero-order chi connectivity index (χ0) is 26.1. The van der Waals surface area contributed by atoms with Crippen LogP contribution in [0, 0.1) is 28.9 Å². The van der Waals surface area contributed by atoms with Crippen molar-refractivity contribution in [2.75, 3.05) is 37.3 Å². The van der Waals surface area contributed by atoms with Gasteiger partial charge in [0.1, 0.15) is 16.6 Å². The molecule has 0 spiro atoms. The molecule has 2 fully saturated rings. The van der Waals surface area contributed by atoms with Gasteiger partial charge in [-0.2, -0.15) is 5.26 Å². The molecule has 3 aliphatic rings. The fourth-order valence-corrected chi connectivity index (χ4v) is 6.75. The van der Waals surface area contributed by atoms with Crippen LogP contribution >= 0.6 is 11.3 Å². The van der Waals surface area contributed by atoms with Crippen LogP contribution in [0.2, 0.25) is 0 Å². The molecular weight excluding hydrogens is 508 g/mol. The van der Waals surface area contributed by atoms with E-state index in [1.54, 1.807) is 6.20 Å². The van der Waals surface area contributed by atoms with Gasteiger partial charge in [0.2, 0.25) is 5.95 Å². The van der Waals surface area contributed by atoms with Crippen molar-refractivity contribution >= 4 is 43.3 Å². The highest BCUT2D eigenvalue weighted by Crippen LogP contribution is 2.45. The zero-order valence-electron chi connectivity index (χ0n) is 20.8. The summed E-state index contributed by atoms with van der Waals surface area (Å²) < 4.78 is 37.0. The Bertz CT molecular complexity index is 1660. The quantitative estimate of drug-likeness (QED) is 0.397. The maximum absolute atomic E-state index is 16.5. The maximum atomic E-state index is 16.5. The summed E-state index contributed by atoms with van der Waals surface area (Å²) in [7, 11) is 2.17. The second-order valence-electron chi connectivity index (χ2n) is 10.5. The summed E-state index contributed by atoms with van der Waals surface area (Å²) in [6, 6.07) is 2.45. The smallest absolute Gasteiger partial charge is 0.226 e. The number of thiophene rings is 1. The zero-order valence-corrected chi connectivity index (χ0v) is 21.6. The molecule has 38 heavy (non-hydrogen) atoms. The Labute approximate surface area is 221 Å². The van der Waals surface area contributed by atoms with Crippen LogP contribution in [0.3, 0.4) is 0 Å². The Balaban J connectivity index is 1.36. The summed E-state index contributed by atoms with van der Waals surface area (Å²) in [6.45, 7) is 3.14. The molecule has 1 saturated carbocycles. The molecule has 4 aromatic rings. The molecule has 1 saturated heterocycles. The van der Waals surface area contributed by atoms with Gasteiger partial charge in [-0.1, -0.05) is 0 Å². The number of hydrogen-bond donors (Lipinski definition) is 1. The second-order valence-corrected chi connectivity index (χ2v) is 11.5. The van der Waals surface area contributed by atoms with Gasteiger partial charge in [0.15, 0.2) is 11.6 Å². The Morgan fingerprint density at radius 3 is 2.82 bits per heavy atom. The highest BCUT2D eigenvalue weighted by Gasteiger charge is 2.33. The number of nitrogen functional groups attached to an aromatic ring is 1. The summed E-state index contributed by atoms with van der Waals surface area (Å²) in [5.41, 5.74) is 8.05. The standard InChI is InChI=1S/C27H25F2N7OS/c1-35(9-13-2-3-13)14-4-5-36(10-14)27-33-7-16-17-11-37-12-18(17)20(22(29)23(16)34-27)24-21-15(6-30)26(31)38-25(21)19(28)8-32-24/h7-8,13-14H,2-5,9-12,31H2,1H3/t14-/m0/s1. The van der Waals surface area contributed by atoms with Crippen molar-refractivity contribution in [1.82, 2.24) is 19.9 Å². The second kappa shape index (κ2) is 8.80. The average Bonchev–Trinajstić information content (AvgIpc) is 3.30. The van der Waals surface area contributed by atoms with E-state index in [0.717, 1.165) is 55.1 Å². The first kappa shape index (κ1) is 23.6. The van der Waals surface area contributed by atoms with Gasteiger partial charge in [0.05, 0.1) is 35.4 Å². The lowest BCUT2D eigenvalue weighted by Gasteiger charge is -2.24. The molecule has 7 rings (SSSR count). The monoisotopic (exact) mass is 533 g/mol. The molecule has 1 atom stereocenters. The highest BCUT2D eigenvalue weighted by molar-refractivity contribution is 7.23. The normalized spacial score (nSPS) is 19.1. The van der Waals surface area contributed by atoms with E-state index in [1.807, 2.05) is 6.07 Å². The number of nitrogens with zero attached hydrogens (tertiary/aromatic N) is 6. The van der Waals surface area contributed by atoms with E-state index < -0.39 is 11.6 Å². The van der Waals surface area contributed by atoms with Crippen LogP contribution in [0.25, 0.3) is 32.2 Å². The lowest BCUT2D eigenvalue weighted by atomic mass is 9.94. The average molecular weight is 534 g/mol. The van der Waals surface area contributed by atoms with Crippen molar-refractivity contribution in [2.24, 2.45) is 5.92 Å². The number of rotatable bonds is 5. The fraction of sp³-hybridized carbons (Fsp3) is 0.407. The van der Waals surface area contributed by atoms with Crippen LogP contribution in [0.1, 0.15) is 36.0 Å². The van der Waals surface area contributed by atoms with E-state index in [0.29, 0.717) is 22.9 Å². The summed E-state index contributed by atoms with van der Waals surface area (Å²) in [5.74, 6) is 0.118. The molecule has 8 nitrogen and oxygen atoms in total. The van der Waals surface area contributed by atoms with Crippen LogP contribution in [0.5, 0.6) is 0 Å². The Kier molecular flexibility index (Phi) is 5.47. The molecule has 2 N–H and O–H groups in total. The Morgan fingerprint density at radius 1 is 1.21 bits per heavy atom. The number of hydrogen-bond acceptors (Lipinski definition) is 9. The van der Waals surface area contributed by atoms with Gasteiger partial charge < -0.3 is 20.3 Å². The van der Waals surface area contributed by atoms with Crippen molar-refractivity contribution < 1.29 is 13.5 Å². The first-order valence-corrected chi connectivity index (χ1v) is 13.6. The predicted octanol–water partition coefficient (Wildman–Crippen LogP) is 4.59. The van der Waals surface area contributed by atoms with Crippen LogP contribution in [-0.2, 0) is 18.0 Å². The first-order chi connectivity index (χ1) is 18.4. The number of aromatic nitrogens is 3. The number of likely N-dealkylation sites (N-methyl/N-ethyl adjacent to an activating group) is 1. The van der Waals surface area contributed by atoms with Gasteiger partial charge in [-0.3, -0.25) is 4.98 Å². The Hall–Kier alpha value is -3.46. The van der Waals surface area contributed by atoms with Gasteiger partial charge in [-0.05, 0) is 43.4 Å². The van der Waals surface area contributed by atoms with Gasteiger partial charge >= 0.3 is 0 Å².